The molecule has 5 rings (SSSR count). The number of rotatable bonds is 3. The number of benzene rings is 2. The van der Waals surface area contributed by atoms with Gasteiger partial charge in [0.15, 0.2) is 0 Å². The minimum absolute atomic E-state index is 0.119. The van der Waals surface area contributed by atoms with Crippen molar-refractivity contribution in [3.8, 4) is 11.5 Å². The number of fused-ring (bicyclic) bond motifs is 2. The summed E-state index contributed by atoms with van der Waals surface area (Å²) < 4.78 is 25.7. The van der Waals surface area contributed by atoms with Crippen molar-refractivity contribution in [3.63, 3.8) is 0 Å². The molecule has 0 saturated heterocycles. The third-order valence-electron chi connectivity index (χ3n) is 5.98. The molecule has 1 aliphatic heterocycles. The SMILES string of the molecule is COc1cc2ncnc(N[C@@H]3CC4(CCCC4)Oc4ccc(F)cc43)c2cc1Cl. The zero-order chi connectivity index (χ0) is 20.0. The van der Waals surface area contributed by atoms with Crippen LogP contribution in [-0.4, -0.2) is 22.7 Å². The minimum Gasteiger partial charge on any atom is -0.495 e. The van der Waals surface area contributed by atoms with Crippen molar-refractivity contribution >= 4 is 28.3 Å². The van der Waals surface area contributed by atoms with Gasteiger partial charge in [0.25, 0.3) is 0 Å². The molecule has 1 spiro atoms. The van der Waals surface area contributed by atoms with E-state index in [1.165, 1.54) is 12.4 Å². The lowest BCUT2D eigenvalue weighted by Crippen LogP contribution is -2.40. The Kier molecular flexibility index (Phi) is 4.46. The molecular formula is C22H21ClFN3O2. The van der Waals surface area contributed by atoms with Gasteiger partial charge < -0.3 is 14.8 Å². The predicted octanol–water partition coefficient (Wildman–Crippen LogP) is 5.68. The second-order valence-electron chi connectivity index (χ2n) is 7.80. The van der Waals surface area contributed by atoms with Gasteiger partial charge in [-0.15, -0.1) is 0 Å². The lowest BCUT2D eigenvalue weighted by Gasteiger charge is -2.40. The van der Waals surface area contributed by atoms with Crippen molar-refractivity contribution in [3.05, 3.63) is 53.1 Å². The second kappa shape index (κ2) is 7.02. The lowest BCUT2D eigenvalue weighted by molar-refractivity contribution is 0.0451. The first kappa shape index (κ1) is 18.4. The van der Waals surface area contributed by atoms with Gasteiger partial charge in [-0.25, -0.2) is 14.4 Å². The Balaban J connectivity index is 1.57. The summed E-state index contributed by atoms with van der Waals surface area (Å²) in [5, 5.41) is 4.81. The molecule has 2 heterocycles. The summed E-state index contributed by atoms with van der Waals surface area (Å²) in [6.45, 7) is 0. The van der Waals surface area contributed by atoms with E-state index in [1.807, 2.05) is 0 Å². The molecule has 1 atom stereocenters. The Morgan fingerprint density at radius 1 is 1.21 bits per heavy atom. The summed E-state index contributed by atoms with van der Waals surface area (Å²) in [6, 6.07) is 8.21. The molecule has 2 aliphatic rings. The number of nitrogens with zero attached hydrogens (tertiary/aromatic N) is 2. The smallest absolute Gasteiger partial charge is 0.139 e. The molecule has 2 aromatic carbocycles. The first-order chi connectivity index (χ1) is 14.1. The fraction of sp³-hybridized carbons (Fsp3) is 0.364. The van der Waals surface area contributed by atoms with Crippen LogP contribution in [0.4, 0.5) is 10.2 Å². The highest BCUT2D eigenvalue weighted by molar-refractivity contribution is 6.33. The number of methoxy groups -OCH3 is 1. The van der Waals surface area contributed by atoms with E-state index < -0.39 is 0 Å². The number of anilines is 1. The van der Waals surface area contributed by atoms with Gasteiger partial charge in [-0.1, -0.05) is 11.6 Å². The van der Waals surface area contributed by atoms with Crippen molar-refractivity contribution in [2.24, 2.45) is 0 Å². The van der Waals surface area contributed by atoms with E-state index in [-0.39, 0.29) is 17.5 Å². The molecule has 0 bridgehead atoms. The molecule has 0 radical (unpaired) electrons. The largest absolute Gasteiger partial charge is 0.495 e. The maximum absolute atomic E-state index is 14.0. The van der Waals surface area contributed by atoms with Crippen molar-refractivity contribution in [1.29, 1.82) is 0 Å². The van der Waals surface area contributed by atoms with E-state index in [0.29, 0.717) is 16.6 Å². The molecule has 3 aromatic rings. The molecule has 1 aliphatic carbocycles. The molecule has 1 saturated carbocycles. The molecule has 0 unspecified atom stereocenters. The highest BCUT2D eigenvalue weighted by Gasteiger charge is 2.43. The van der Waals surface area contributed by atoms with Crippen LogP contribution < -0.4 is 14.8 Å². The first-order valence-electron chi connectivity index (χ1n) is 9.80. The van der Waals surface area contributed by atoms with Crippen LogP contribution >= 0.6 is 11.6 Å². The van der Waals surface area contributed by atoms with Gasteiger partial charge in [0.05, 0.1) is 23.7 Å². The molecule has 5 nitrogen and oxygen atoms in total. The van der Waals surface area contributed by atoms with Crippen LogP contribution in [0, 0.1) is 5.82 Å². The Morgan fingerprint density at radius 3 is 2.83 bits per heavy atom. The average molecular weight is 414 g/mol. The van der Waals surface area contributed by atoms with Crippen LogP contribution in [0.15, 0.2) is 36.7 Å². The van der Waals surface area contributed by atoms with Crippen molar-refractivity contribution < 1.29 is 13.9 Å². The number of halogens is 2. The number of nitrogens with one attached hydrogen (secondary N) is 1. The number of ether oxygens (including phenoxy) is 2. The minimum atomic E-state index is -0.276. The van der Waals surface area contributed by atoms with E-state index in [2.05, 4.69) is 15.3 Å². The monoisotopic (exact) mass is 413 g/mol. The zero-order valence-corrected chi connectivity index (χ0v) is 16.8. The lowest BCUT2D eigenvalue weighted by atomic mass is 9.86. The van der Waals surface area contributed by atoms with Gasteiger partial charge in [-0.3, -0.25) is 0 Å². The van der Waals surface area contributed by atoms with E-state index in [1.54, 1.807) is 31.4 Å². The maximum atomic E-state index is 14.0. The van der Waals surface area contributed by atoms with Crippen LogP contribution in [0.25, 0.3) is 10.9 Å². The molecule has 29 heavy (non-hydrogen) atoms. The topological polar surface area (TPSA) is 56.3 Å². The average Bonchev–Trinajstić information content (AvgIpc) is 3.16. The van der Waals surface area contributed by atoms with Gasteiger partial charge in [0.1, 0.15) is 35.1 Å². The third-order valence-corrected chi connectivity index (χ3v) is 6.28. The second-order valence-corrected chi connectivity index (χ2v) is 8.21. The summed E-state index contributed by atoms with van der Waals surface area (Å²) >= 11 is 6.34. The predicted molar refractivity (Wildman–Crippen MR) is 110 cm³/mol. The first-order valence-corrected chi connectivity index (χ1v) is 10.2. The van der Waals surface area contributed by atoms with Crippen LogP contribution in [-0.2, 0) is 0 Å². The summed E-state index contributed by atoms with van der Waals surface area (Å²) in [5.74, 6) is 1.69. The number of aromatic nitrogens is 2. The van der Waals surface area contributed by atoms with Gasteiger partial charge in [0.2, 0.25) is 0 Å². The Morgan fingerprint density at radius 2 is 2.03 bits per heavy atom. The van der Waals surface area contributed by atoms with E-state index in [9.17, 15) is 4.39 Å². The highest BCUT2D eigenvalue weighted by atomic mass is 35.5. The van der Waals surface area contributed by atoms with E-state index in [0.717, 1.165) is 54.3 Å². The number of hydrogen-bond donors (Lipinski definition) is 1. The maximum Gasteiger partial charge on any atom is 0.139 e. The van der Waals surface area contributed by atoms with Gasteiger partial charge >= 0.3 is 0 Å². The fourth-order valence-electron chi connectivity index (χ4n) is 4.59. The quantitative estimate of drug-likeness (QED) is 0.598. The van der Waals surface area contributed by atoms with Gasteiger partial charge in [-0.2, -0.15) is 0 Å². The van der Waals surface area contributed by atoms with Crippen LogP contribution in [0.3, 0.4) is 0 Å². The summed E-state index contributed by atoms with van der Waals surface area (Å²) in [6.07, 6.45) is 6.59. The van der Waals surface area contributed by atoms with Crippen LogP contribution in [0.2, 0.25) is 5.02 Å². The Bertz CT molecular complexity index is 1090. The van der Waals surface area contributed by atoms with Crippen molar-refractivity contribution in [2.75, 3.05) is 12.4 Å². The Hall–Kier alpha value is -2.60. The molecule has 7 heteroatoms. The molecule has 1 N–H and O–H groups in total. The number of hydrogen-bond acceptors (Lipinski definition) is 5. The summed E-state index contributed by atoms with van der Waals surface area (Å²) in [5.41, 5.74) is 1.34. The van der Waals surface area contributed by atoms with E-state index >= 15 is 0 Å². The molecule has 1 fully saturated rings. The van der Waals surface area contributed by atoms with Gasteiger partial charge in [0, 0.05) is 23.4 Å². The van der Waals surface area contributed by atoms with Crippen molar-refractivity contribution in [2.45, 2.75) is 43.7 Å². The van der Waals surface area contributed by atoms with E-state index in [4.69, 9.17) is 21.1 Å². The van der Waals surface area contributed by atoms with Gasteiger partial charge in [-0.05, 0) is 49.9 Å². The summed E-state index contributed by atoms with van der Waals surface area (Å²) in [7, 11) is 1.57. The summed E-state index contributed by atoms with van der Waals surface area (Å²) in [4.78, 5) is 8.79. The van der Waals surface area contributed by atoms with Crippen LogP contribution in [0.5, 0.6) is 11.5 Å². The normalized spacial score (nSPS) is 19.8. The Labute approximate surface area is 173 Å². The molecule has 150 valence electrons. The third kappa shape index (κ3) is 3.25. The standard InChI is InChI=1S/C22H21ClFN3O2/c1-28-20-10-17-15(9-16(20)23)21(26-12-25-17)27-18-11-22(6-2-3-7-22)29-19-5-4-13(24)8-14(18)19/h4-5,8-10,12,18H,2-3,6-7,11H2,1H3,(H,25,26,27)/t18-/m1/s1. The van der Waals surface area contributed by atoms with Crippen LogP contribution in [0.1, 0.15) is 43.7 Å². The van der Waals surface area contributed by atoms with Crippen molar-refractivity contribution in [1.82, 2.24) is 9.97 Å². The fourth-order valence-corrected chi connectivity index (χ4v) is 4.83. The molecule has 0 amide bonds. The molecular weight excluding hydrogens is 393 g/mol. The highest BCUT2D eigenvalue weighted by Crippen LogP contribution is 2.48. The molecule has 1 aromatic heterocycles. The zero-order valence-electron chi connectivity index (χ0n) is 16.0.